The summed E-state index contributed by atoms with van der Waals surface area (Å²) in [5, 5.41) is 0. The highest BCUT2D eigenvalue weighted by molar-refractivity contribution is 5.34. The normalized spacial score (nSPS) is 17.8. The Bertz CT molecular complexity index is 356. The van der Waals surface area contributed by atoms with E-state index in [0.717, 1.165) is 36.7 Å². The summed E-state index contributed by atoms with van der Waals surface area (Å²) in [4.78, 5) is 11.3. The number of aryl methyl sites for hydroxylation is 1. The molecule has 2 heterocycles. The van der Waals surface area contributed by atoms with Crippen LogP contribution in [0.1, 0.15) is 31.0 Å². The van der Waals surface area contributed by atoms with Crippen molar-refractivity contribution < 1.29 is 0 Å². The molecule has 0 amide bonds. The number of hydrogen-bond acceptors (Lipinski definition) is 4. The minimum Gasteiger partial charge on any atom is -0.341 e. The third-order valence-corrected chi connectivity index (χ3v) is 3.00. The second-order valence-corrected chi connectivity index (χ2v) is 4.66. The highest BCUT2D eigenvalue weighted by Gasteiger charge is 2.15. The zero-order valence-corrected chi connectivity index (χ0v) is 10.1. The number of anilines is 1. The van der Waals surface area contributed by atoms with Gasteiger partial charge in [0.2, 0.25) is 5.95 Å². The molecule has 1 unspecified atom stereocenters. The molecule has 2 N–H and O–H groups in total. The minimum absolute atomic E-state index is 0.167. The van der Waals surface area contributed by atoms with Crippen molar-refractivity contribution in [1.29, 1.82) is 0 Å². The summed E-state index contributed by atoms with van der Waals surface area (Å²) in [5.74, 6) is 0.878. The largest absolute Gasteiger partial charge is 0.341 e. The Morgan fingerprint density at radius 2 is 2.12 bits per heavy atom. The van der Waals surface area contributed by atoms with Crippen LogP contribution in [-0.4, -0.2) is 29.1 Å². The summed E-state index contributed by atoms with van der Waals surface area (Å²) < 4.78 is 0. The lowest BCUT2D eigenvalue weighted by Gasteiger charge is -2.16. The maximum Gasteiger partial charge on any atom is 0.225 e. The molecule has 4 heteroatoms. The molecule has 88 valence electrons. The van der Waals surface area contributed by atoms with Crippen LogP contribution >= 0.6 is 0 Å². The molecular weight excluding hydrogens is 200 g/mol. The van der Waals surface area contributed by atoms with Crippen molar-refractivity contribution in [1.82, 2.24) is 9.97 Å². The lowest BCUT2D eigenvalue weighted by atomic mass is 10.1. The van der Waals surface area contributed by atoms with Gasteiger partial charge in [0.05, 0.1) is 0 Å². The Morgan fingerprint density at radius 1 is 1.44 bits per heavy atom. The van der Waals surface area contributed by atoms with Gasteiger partial charge in [-0.15, -0.1) is 0 Å². The number of nitrogens with two attached hydrogens (primary N) is 1. The van der Waals surface area contributed by atoms with Gasteiger partial charge < -0.3 is 10.6 Å². The lowest BCUT2D eigenvalue weighted by Crippen LogP contribution is -2.22. The van der Waals surface area contributed by atoms with Crippen molar-refractivity contribution in [2.24, 2.45) is 5.73 Å². The summed E-state index contributed by atoms with van der Waals surface area (Å²) in [6, 6.07) is 0.167. The second-order valence-electron chi connectivity index (χ2n) is 4.66. The Hall–Kier alpha value is -1.16. The molecule has 1 atom stereocenters. The summed E-state index contributed by atoms with van der Waals surface area (Å²) >= 11 is 0. The average molecular weight is 220 g/mol. The molecule has 0 spiro atoms. The zero-order valence-electron chi connectivity index (χ0n) is 10.1. The predicted octanol–water partition coefficient (Wildman–Crippen LogP) is 1.27. The van der Waals surface area contributed by atoms with Crippen LogP contribution in [0.5, 0.6) is 0 Å². The van der Waals surface area contributed by atoms with Crippen molar-refractivity contribution in [3.05, 3.63) is 17.5 Å². The minimum atomic E-state index is 0.167. The van der Waals surface area contributed by atoms with E-state index in [1.165, 1.54) is 12.8 Å². The van der Waals surface area contributed by atoms with E-state index in [2.05, 4.69) is 14.9 Å². The van der Waals surface area contributed by atoms with Crippen LogP contribution in [0.4, 0.5) is 5.95 Å². The smallest absolute Gasteiger partial charge is 0.225 e. The first-order valence-electron chi connectivity index (χ1n) is 6.00. The number of aromatic nitrogens is 2. The van der Waals surface area contributed by atoms with Crippen molar-refractivity contribution in [2.75, 3.05) is 18.0 Å². The Morgan fingerprint density at radius 3 is 2.69 bits per heavy atom. The first-order valence-corrected chi connectivity index (χ1v) is 6.00. The molecule has 0 saturated carbocycles. The average Bonchev–Trinajstić information content (AvgIpc) is 2.73. The van der Waals surface area contributed by atoms with Crippen molar-refractivity contribution in [3.8, 4) is 0 Å². The molecule has 0 aromatic carbocycles. The van der Waals surface area contributed by atoms with Crippen LogP contribution in [0.3, 0.4) is 0 Å². The zero-order chi connectivity index (χ0) is 11.5. The first-order chi connectivity index (χ1) is 7.66. The van der Waals surface area contributed by atoms with Gasteiger partial charge in [0, 0.05) is 31.0 Å². The molecule has 1 saturated heterocycles. The molecule has 2 rings (SSSR count). The van der Waals surface area contributed by atoms with E-state index in [1.54, 1.807) is 0 Å². The fourth-order valence-electron chi connectivity index (χ4n) is 2.10. The highest BCUT2D eigenvalue weighted by Crippen LogP contribution is 2.17. The molecule has 1 aromatic heterocycles. The van der Waals surface area contributed by atoms with Crippen molar-refractivity contribution in [3.63, 3.8) is 0 Å². The monoisotopic (exact) mass is 220 g/mol. The maximum absolute atomic E-state index is 5.79. The van der Waals surface area contributed by atoms with Gasteiger partial charge in [-0.1, -0.05) is 0 Å². The van der Waals surface area contributed by atoms with Crippen LogP contribution in [0, 0.1) is 6.92 Å². The van der Waals surface area contributed by atoms with Gasteiger partial charge >= 0.3 is 0 Å². The predicted molar refractivity (Wildman–Crippen MR) is 65.6 cm³/mol. The van der Waals surface area contributed by atoms with Gasteiger partial charge in [0.25, 0.3) is 0 Å². The molecule has 0 aliphatic carbocycles. The van der Waals surface area contributed by atoms with Crippen molar-refractivity contribution in [2.45, 2.75) is 39.2 Å². The van der Waals surface area contributed by atoms with E-state index >= 15 is 0 Å². The summed E-state index contributed by atoms with van der Waals surface area (Å²) in [6.45, 7) is 6.23. The van der Waals surface area contributed by atoms with Gasteiger partial charge in [-0.25, -0.2) is 9.97 Å². The lowest BCUT2D eigenvalue weighted by molar-refractivity contribution is 0.725. The summed E-state index contributed by atoms with van der Waals surface area (Å²) in [6.07, 6.45) is 5.29. The Labute approximate surface area is 96.9 Å². The van der Waals surface area contributed by atoms with Crippen molar-refractivity contribution >= 4 is 5.95 Å². The molecule has 16 heavy (non-hydrogen) atoms. The molecule has 0 bridgehead atoms. The fourth-order valence-corrected chi connectivity index (χ4v) is 2.10. The molecule has 4 nitrogen and oxygen atoms in total. The van der Waals surface area contributed by atoms with E-state index < -0.39 is 0 Å². The van der Waals surface area contributed by atoms with E-state index in [0.29, 0.717) is 0 Å². The third kappa shape index (κ3) is 2.50. The van der Waals surface area contributed by atoms with Gasteiger partial charge in [0.15, 0.2) is 0 Å². The van der Waals surface area contributed by atoms with E-state index in [1.807, 2.05) is 20.0 Å². The molecule has 1 fully saturated rings. The Balaban J connectivity index is 2.15. The van der Waals surface area contributed by atoms with Crippen LogP contribution in [0.2, 0.25) is 0 Å². The SMILES string of the molecule is Cc1nc(N2CCCC2)ncc1CC(C)N. The molecule has 1 aliphatic heterocycles. The Kier molecular flexibility index (Phi) is 3.39. The standard InChI is InChI=1S/C12H20N4/c1-9(13)7-11-8-14-12(15-10(11)2)16-5-3-4-6-16/h8-9H,3-7,13H2,1-2H3. The highest BCUT2D eigenvalue weighted by atomic mass is 15.3. The third-order valence-electron chi connectivity index (χ3n) is 3.00. The molecule has 1 aromatic rings. The topological polar surface area (TPSA) is 55.0 Å². The quantitative estimate of drug-likeness (QED) is 0.833. The fraction of sp³-hybridized carbons (Fsp3) is 0.667. The van der Waals surface area contributed by atoms with Gasteiger partial charge in [-0.3, -0.25) is 0 Å². The summed E-state index contributed by atoms with van der Waals surface area (Å²) in [7, 11) is 0. The molecular formula is C12H20N4. The van der Waals surface area contributed by atoms with Crippen LogP contribution in [-0.2, 0) is 6.42 Å². The number of rotatable bonds is 3. The number of hydrogen-bond donors (Lipinski definition) is 1. The number of nitrogens with zero attached hydrogens (tertiary/aromatic N) is 3. The van der Waals surface area contributed by atoms with Crippen LogP contribution in [0.15, 0.2) is 6.20 Å². The van der Waals surface area contributed by atoms with Crippen LogP contribution in [0.25, 0.3) is 0 Å². The van der Waals surface area contributed by atoms with E-state index in [-0.39, 0.29) is 6.04 Å². The first kappa shape index (κ1) is 11.3. The van der Waals surface area contributed by atoms with Crippen LogP contribution < -0.4 is 10.6 Å². The van der Waals surface area contributed by atoms with Gasteiger partial charge in [-0.2, -0.15) is 0 Å². The summed E-state index contributed by atoms with van der Waals surface area (Å²) in [5.41, 5.74) is 8.02. The molecule has 0 radical (unpaired) electrons. The maximum atomic E-state index is 5.79. The second kappa shape index (κ2) is 4.78. The van der Waals surface area contributed by atoms with E-state index in [4.69, 9.17) is 5.73 Å². The van der Waals surface area contributed by atoms with E-state index in [9.17, 15) is 0 Å². The van der Waals surface area contributed by atoms with Gasteiger partial charge in [0.1, 0.15) is 0 Å². The van der Waals surface area contributed by atoms with Gasteiger partial charge in [-0.05, 0) is 38.7 Å². The molecule has 1 aliphatic rings.